The molecule has 0 bridgehead atoms. The Morgan fingerprint density at radius 3 is 2.19 bits per heavy atom. The minimum atomic E-state index is 1.13. The van der Waals surface area contributed by atoms with Gasteiger partial charge < -0.3 is 4.57 Å². The molecule has 116 valence electrons. The second-order valence-electron chi connectivity index (χ2n) is 5.41. The summed E-state index contributed by atoms with van der Waals surface area (Å²) in [6.07, 6.45) is 15.1. The molecule has 2 aromatic rings. The summed E-state index contributed by atoms with van der Waals surface area (Å²) in [7, 11) is 0. The van der Waals surface area contributed by atoms with E-state index in [1.54, 1.807) is 0 Å². The lowest BCUT2D eigenvalue weighted by Gasteiger charge is -2.01. The number of nitrogens with zero attached hydrogens (tertiary/aromatic N) is 2. The normalized spacial score (nSPS) is 10.0. The first-order valence-corrected chi connectivity index (χ1v) is 8.36. The quantitative estimate of drug-likeness (QED) is 0.586. The highest BCUT2D eigenvalue weighted by atomic mass is 15.0. The number of rotatable bonds is 8. The molecule has 0 saturated heterocycles. The Kier molecular flexibility index (Phi) is 10.1. The summed E-state index contributed by atoms with van der Waals surface area (Å²) in [5.74, 6) is 0. The molecule has 1 aromatic heterocycles. The zero-order valence-electron chi connectivity index (χ0n) is 13.7. The van der Waals surface area contributed by atoms with Crippen molar-refractivity contribution in [3.8, 4) is 0 Å². The SMILES string of the molecule is CCCCCCCCn1ccnc1.CCc1ccccc1. The molecule has 0 unspecified atom stereocenters. The fraction of sp³-hybridized carbons (Fsp3) is 0.526. The highest BCUT2D eigenvalue weighted by Gasteiger charge is 1.91. The van der Waals surface area contributed by atoms with E-state index in [0.717, 1.165) is 13.0 Å². The van der Waals surface area contributed by atoms with Gasteiger partial charge in [0.2, 0.25) is 0 Å². The average Bonchev–Trinajstić information content (AvgIpc) is 3.05. The molecular formula is C19H30N2. The van der Waals surface area contributed by atoms with E-state index in [4.69, 9.17) is 0 Å². The number of imidazole rings is 1. The standard InChI is InChI=1S/C11H20N2.C8H10/c1-2-3-4-5-6-7-9-13-10-8-12-11-13;1-2-8-6-4-3-5-7-8/h8,10-11H,2-7,9H2,1H3;3-7H,2H2,1H3. The number of aromatic nitrogens is 2. The summed E-state index contributed by atoms with van der Waals surface area (Å²) in [6.45, 7) is 5.55. The van der Waals surface area contributed by atoms with Crippen molar-refractivity contribution >= 4 is 0 Å². The smallest absolute Gasteiger partial charge is 0.0945 e. The van der Waals surface area contributed by atoms with Crippen molar-refractivity contribution < 1.29 is 0 Å². The van der Waals surface area contributed by atoms with Gasteiger partial charge in [0.05, 0.1) is 6.33 Å². The molecular weight excluding hydrogens is 256 g/mol. The van der Waals surface area contributed by atoms with Crippen LogP contribution in [-0.2, 0) is 13.0 Å². The van der Waals surface area contributed by atoms with Gasteiger partial charge in [-0.3, -0.25) is 0 Å². The molecule has 0 radical (unpaired) electrons. The van der Waals surface area contributed by atoms with Crippen LogP contribution in [0.3, 0.4) is 0 Å². The first-order chi connectivity index (χ1) is 10.4. The number of aryl methyl sites for hydroxylation is 2. The molecule has 0 fully saturated rings. The van der Waals surface area contributed by atoms with E-state index in [0.29, 0.717) is 0 Å². The topological polar surface area (TPSA) is 17.8 Å². The maximum Gasteiger partial charge on any atom is 0.0945 e. The van der Waals surface area contributed by atoms with Crippen LogP contribution in [0.1, 0.15) is 57.9 Å². The van der Waals surface area contributed by atoms with Gasteiger partial charge >= 0.3 is 0 Å². The molecule has 0 saturated carbocycles. The van der Waals surface area contributed by atoms with Gasteiger partial charge in [0.25, 0.3) is 0 Å². The van der Waals surface area contributed by atoms with Crippen molar-refractivity contribution in [2.45, 2.75) is 65.3 Å². The van der Waals surface area contributed by atoms with Crippen LogP contribution in [-0.4, -0.2) is 9.55 Å². The lowest BCUT2D eigenvalue weighted by molar-refractivity contribution is 0.558. The van der Waals surface area contributed by atoms with Crippen molar-refractivity contribution in [2.24, 2.45) is 0 Å². The van der Waals surface area contributed by atoms with Crippen LogP contribution in [0.15, 0.2) is 49.1 Å². The third kappa shape index (κ3) is 9.06. The first-order valence-electron chi connectivity index (χ1n) is 8.36. The zero-order chi connectivity index (χ0) is 15.2. The molecule has 0 aliphatic rings. The number of hydrogen-bond acceptors (Lipinski definition) is 1. The Labute approximate surface area is 130 Å². The molecule has 0 N–H and O–H groups in total. The Hall–Kier alpha value is -1.57. The fourth-order valence-corrected chi connectivity index (χ4v) is 2.21. The average molecular weight is 286 g/mol. The van der Waals surface area contributed by atoms with Crippen LogP contribution in [0.25, 0.3) is 0 Å². The second-order valence-corrected chi connectivity index (χ2v) is 5.41. The first kappa shape index (κ1) is 17.5. The van der Waals surface area contributed by atoms with Crippen molar-refractivity contribution in [1.82, 2.24) is 9.55 Å². The molecule has 0 atom stereocenters. The molecule has 0 aliphatic heterocycles. The number of hydrogen-bond donors (Lipinski definition) is 0. The summed E-state index contributed by atoms with van der Waals surface area (Å²) in [4.78, 5) is 4.01. The zero-order valence-corrected chi connectivity index (χ0v) is 13.7. The Bertz CT molecular complexity index is 420. The predicted octanol–water partition coefficient (Wildman–Crippen LogP) is 5.49. The summed E-state index contributed by atoms with van der Waals surface area (Å²) in [6, 6.07) is 10.5. The molecule has 21 heavy (non-hydrogen) atoms. The van der Waals surface area contributed by atoms with Crippen molar-refractivity contribution in [2.75, 3.05) is 0 Å². The van der Waals surface area contributed by atoms with Gasteiger partial charge in [-0.15, -0.1) is 0 Å². The highest BCUT2D eigenvalue weighted by Crippen LogP contribution is 2.05. The van der Waals surface area contributed by atoms with Crippen LogP contribution in [0.5, 0.6) is 0 Å². The molecule has 2 nitrogen and oxygen atoms in total. The van der Waals surface area contributed by atoms with Crippen molar-refractivity contribution in [1.29, 1.82) is 0 Å². The maximum atomic E-state index is 4.01. The van der Waals surface area contributed by atoms with E-state index in [2.05, 4.69) is 47.7 Å². The lowest BCUT2D eigenvalue weighted by atomic mass is 10.1. The van der Waals surface area contributed by atoms with E-state index in [9.17, 15) is 0 Å². The highest BCUT2D eigenvalue weighted by molar-refractivity contribution is 5.13. The van der Waals surface area contributed by atoms with Gasteiger partial charge in [0, 0.05) is 18.9 Å². The van der Waals surface area contributed by atoms with E-state index >= 15 is 0 Å². The largest absolute Gasteiger partial charge is 0.337 e. The van der Waals surface area contributed by atoms with Gasteiger partial charge in [-0.1, -0.05) is 76.3 Å². The van der Waals surface area contributed by atoms with Crippen LogP contribution < -0.4 is 0 Å². The van der Waals surface area contributed by atoms with E-state index < -0.39 is 0 Å². The van der Waals surface area contributed by atoms with Gasteiger partial charge in [-0.2, -0.15) is 0 Å². The molecule has 2 rings (SSSR count). The van der Waals surface area contributed by atoms with Gasteiger partial charge in [0.1, 0.15) is 0 Å². The van der Waals surface area contributed by atoms with Crippen LogP contribution >= 0.6 is 0 Å². The minimum Gasteiger partial charge on any atom is -0.337 e. The van der Waals surface area contributed by atoms with Crippen LogP contribution in [0.2, 0.25) is 0 Å². The van der Waals surface area contributed by atoms with E-state index in [-0.39, 0.29) is 0 Å². The van der Waals surface area contributed by atoms with Crippen molar-refractivity contribution in [3.05, 3.63) is 54.6 Å². The fourth-order valence-electron chi connectivity index (χ4n) is 2.21. The molecule has 1 aromatic carbocycles. The van der Waals surface area contributed by atoms with Gasteiger partial charge in [0.15, 0.2) is 0 Å². The Morgan fingerprint density at radius 2 is 1.62 bits per heavy atom. The van der Waals surface area contributed by atoms with Crippen molar-refractivity contribution in [3.63, 3.8) is 0 Å². The molecule has 0 aliphatic carbocycles. The van der Waals surface area contributed by atoms with E-state index in [1.807, 2.05) is 24.8 Å². The molecule has 1 heterocycles. The summed E-state index contributed by atoms with van der Waals surface area (Å²) >= 11 is 0. The van der Waals surface area contributed by atoms with Gasteiger partial charge in [-0.25, -0.2) is 4.98 Å². The summed E-state index contributed by atoms with van der Waals surface area (Å²) < 4.78 is 2.15. The maximum absolute atomic E-state index is 4.01. The second kappa shape index (κ2) is 12.2. The Morgan fingerprint density at radius 1 is 0.905 bits per heavy atom. The van der Waals surface area contributed by atoms with Gasteiger partial charge in [-0.05, 0) is 18.4 Å². The Balaban J connectivity index is 0.000000235. The van der Waals surface area contributed by atoms with Crippen LogP contribution in [0, 0.1) is 0 Å². The summed E-state index contributed by atoms with van der Waals surface area (Å²) in [5.41, 5.74) is 1.41. The minimum absolute atomic E-state index is 1.13. The monoisotopic (exact) mass is 286 g/mol. The lowest BCUT2D eigenvalue weighted by Crippen LogP contribution is -1.93. The molecule has 0 spiro atoms. The number of benzene rings is 1. The van der Waals surface area contributed by atoms with Crippen LogP contribution in [0.4, 0.5) is 0 Å². The summed E-state index contributed by atoms with van der Waals surface area (Å²) in [5, 5.41) is 0. The van der Waals surface area contributed by atoms with E-state index in [1.165, 1.54) is 44.1 Å². The third-order valence-corrected chi connectivity index (χ3v) is 3.58. The predicted molar refractivity (Wildman–Crippen MR) is 91.4 cm³/mol. The molecule has 0 amide bonds. The number of unbranched alkanes of at least 4 members (excludes halogenated alkanes) is 5. The molecule has 2 heteroatoms. The third-order valence-electron chi connectivity index (χ3n) is 3.58.